The first-order chi connectivity index (χ1) is 9.81. The van der Waals surface area contributed by atoms with E-state index < -0.39 is 11.4 Å². The highest BCUT2D eigenvalue weighted by Gasteiger charge is 2.26. The summed E-state index contributed by atoms with van der Waals surface area (Å²) in [6, 6.07) is 3.70. The van der Waals surface area contributed by atoms with Gasteiger partial charge in [-0.15, -0.1) is 0 Å². The van der Waals surface area contributed by atoms with E-state index in [1.54, 1.807) is 28.1 Å². The van der Waals surface area contributed by atoms with Crippen LogP contribution in [-0.4, -0.2) is 31.8 Å². The van der Waals surface area contributed by atoms with Gasteiger partial charge in [0.25, 0.3) is 0 Å². The number of methoxy groups -OCH3 is 2. The molecule has 0 aliphatic heterocycles. The van der Waals surface area contributed by atoms with Gasteiger partial charge in [-0.05, 0) is 32.9 Å². The number of aliphatic carboxylic acids is 1. The summed E-state index contributed by atoms with van der Waals surface area (Å²) in [6.07, 6.45) is 0.554. The molecule has 0 aliphatic carbocycles. The van der Waals surface area contributed by atoms with E-state index in [9.17, 15) is 4.79 Å². The van der Waals surface area contributed by atoms with Crippen molar-refractivity contribution in [1.82, 2.24) is 5.32 Å². The summed E-state index contributed by atoms with van der Waals surface area (Å²) in [6.45, 7) is 4.65. The summed E-state index contributed by atoms with van der Waals surface area (Å²) in [7, 11) is 3.21. The van der Waals surface area contributed by atoms with Crippen LogP contribution in [0.25, 0.3) is 0 Å². The van der Waals surface area contributed by atoms with E-state index in [2.05, 4.69) is 21.2 Å². The van der Waals surface area contributed by atoms with Gasteiger partial charge in [0.1, 0.15) is 11.5 Å². The van der Waals surface area contributed by atoms with E-state index in [0.29, 0.717) is 19.5 Å². The lowest BCUT2D eigenvalue weighted by atomic mass is 9.90. The second kappa shape index (κ2) is 7.66. The van der Waals surface area contributed by atoms with Crippen molar-refractivity contribution in [3.05, 3.63) is 22.2 Å². The number of hydrogen-bond donors (Lipinski definition) is 2. The largest absolute Gasteiger partial charge is 0.497 e. The highest BCUT2D eigenvalue weighted by Crippen LogP contribution is 2.32. The van der Waals surface area contributed by atoms with E-state index in [4.69, 9.17) is 14.6 Å². The monoisotopic (exact) mass is 359 g/mol. The Bertz CT molecular complexity index is 503. The van der Waals surface area contributed by atoms with Crippen molar-refractivity contribution in [1.29, 1.82) is 0 Å². The molecule has 1 rings (SSSR count). The van der Waals surface area contributed by atoms with Crippen molar-refractivity contribution < 1.29 is 19.4 Å². The first kappa shape index (κ1) is 17.8. The van der Waals surface area contributed by atoms with Gasteiger partial charge in [0.05, 0.1) is 19.6 Å². The van der Waals surface area contributed by atoms with Gasteiger partial charge in [0.2, 0.25) is 0 Å². The zero-order chi connectivity index (χ0) is 16.0. The highest BCUT2D eigenvalue weighted by atomic mass is 79.9. The van der Waals surface area contributed by atoms with Crippen molar-refractivity contribution >= 4 is 21.9 Å². The first-order valence-corrected chi connectivity index (χ1v) is 7.45. The van der Waals surface area contributed by atoms with Crippen LogP contribution in [0.1, 0.15) is 25.8 Å². The number of benzene rings is 1. The number of ether oxygens (including phenoxy) is 2. The molecule has 0 saturated carbocycles. The first-order valence-electron chi connectivity index (χ1n) is 6.66. The molecule has 1 aromatic carbocycles. The fourth-order valence-corrected chi connectivity index (χ4v) is 2.34. The smallest absolute Gasteiger partial charge is 0.309 e. The van der Waals surface area contributed by atoms with Crippen molar-refractivity contribution in [2.75, 3.05) is 20.8 Å². The Balaban J connectivity index is 2.66. The van der Waals surface area contributed by atoms with Crippen LogP contribution in [0, 0.1) is 5.41 Å². The van der Waals surface area contributed by atoms with Gasteiger partial charge in [-0.3, -0.25) is 4.79 Å². The molecule has 0 aliphatic rings. The maximum atomic E-state index is 11.0. The van der Waals surface area contributed by atoms with E-state index in [0.717, 1.165) is 21.5 Å². The Labute approximate surface area is 133 Å². The van der Waals surface area contributed by atoms with Gasteiger partial charge in [0.15, 0.2) is 0 Å². The molecule has 118 valence electrons. The van der Waals surface area contributed by atoms with Crippen LogP contribution in [0.5, 0.6) is 11.5 Å². The number of carbonyl (C=O) groups is 1. The third kappa shape index (κ3) is 4.89. The molecule has 5 nitrogen and oxygen atoms in total. The SMILES string of the molecule is COc1cc(Br)c(CNCCC(C)(C)C(=O)O)c(OC)c1. The predicted molar refractivity (Wildman–Crippen MR) is 85.0 cm³/mol. The van der Waals surface area contributed by atoms with Crippen LogP contribution in [0.2, 0.25) is 0 Å². The molecular weight excluding hydrogens is 338 g/mol. The van der Waals surface area contributed by atoms with Gasteiger partial charge in [-0.1, -0.05) is 15.9 Å². The van der Waals surface area contributed by atoms with Crippen molar-refractivity contribution in [2.45, 2.75) is 26.8 Å². The minimum atomic E-state index is -0.785. The quantitative estimate of drug-likeness (QED) is 0.698. The number of halogens is 1. The Kier molecular flexibility index (Phi) is 6.48. The molecule has 0 bridgehead atoms. The number of hydrogen-bond acceptors (Lipinski definition) is 4. The summed E-state index contributed by atoms with van der Waals surface area (Å²) in [5.41, 5.74) is 0.250. The number of carboxylic acids is 1. The highest BCUT2D eigenvalue weighted by molar-refractivity contribution is 9.10. The molecule has 0 spiro atoms. The second-order valence-electron chi connectivity index (χ2n) is 5.41. The van der Waals surface area contributed by atoms with Gasteiger partial charge in [-0.2, -0.15) is 0 Å². The molecule has 0 atom stereocenters. The minimum absolute atomic E-state index is 0.554. The normalized spacial score (nSPS) is 11.3. The Morgan fingerprint density at radius 1 is 1.33 bits per heavy atom. The fraction of sp³-hybridized carbons (Fsp3) is 0.533. The topological polar surface area (TPSA) is 67.8 Å². The average molecular weight is 360 g/mol. The maximum Gasteiger partial charge on any atom is 0.309 e. The molecule has 0 heterocycles. The molecule has 2 N–H and O–H groups in total. The van der Waals surface area contributed by atoms with Crippen molar-refractivity contribution in [3.63, 3.8) is 0 Å². The summed E-state index contributed by atoms with van der Waals surface area (Å²) in [5, 5.41) is 12.3. The van der Waals surface area contributed by atoms with Crippen LogP contribution in [0.3, 0.4) is 0 Å². The number of rotatable bonds is 8. The van der Waals surface area contributed by atoms with Crippen LogP contribution < -0.4 is 14.8 Å². The summed E-state index contributed by atoms with van der Waals surface area (Å²) in [4.78, 5) is 11.0. The van der Waals surface area contributed by atoms with Crippen LogP contribution in [0.15, 0.2) is 16.6 Å². The van der Waals surface area contributed by atoms with E-state index in [1.807, 2.05) is 12.1 Å². The van der Waals surface area contributed by atoms with Gasteiger partial charge >= 0.3 is 5.97 Å². The van der Waals surface area contributed by atoms with Crippen LogP contribution in [-0.2, 0) is 11.3 Å². The number of carboxylic acid groups (broad SMARTS) is 1. The predicted octanol–water partition coefficient (Wildman–Crippen LogP) is 3.06. The molecule has 6 heteroatoms. The van der Waals surface area contributed by atoms with E-state index >= 15 is 0 Å². The van der Waals surface area contributed by atoms with Gasteiger partial charge in [-0.25, -0.2) is 0 Å². The van der Waals surface area contributed by atoms with Gasteiger partial charge in [0, 0.05) is 22.6 Å². The minimum Gasteiger partial charge on any atom is -0.497 e. The lowest BCUT2D eigenvalue weighted by Gasteiger charge is -2.19. The molecule has 0 unspecified atom stereocenters. The fourth-order valence-electron chi connectivity index (χ4n) is 1.78. The Hall–Kier alpha value is -1.27. The van der Waals surface area contributed by atoms with E-state index in [-0.39, 0.29) is 0 Å². The maximum absolute atomic E-state index is 11.0. The molecule has 0 aromatic heterocycles. The van der Waals surface area contributed by atoms with Crippen LogP contribution in [0.4, 0.5) is 0 Å². The van der Waals surface area contributed by atoms with E-state index in [1.165, 1.54) is 0 Å². The zero-order valence-electron chi connectivity index (χ0n) is 12.8. The molecule has 0 fully saturated rings. The molecule has 21 heavy (non-hydrogen) atoms. The average Bonchev–Trinajstić information content (AvgIpc) is 2.43. The zero-order valence-corrected chi connectivity index (χ0v) is 14.4. The van der Waals surface area contributed by atoms with Crippen LogP contribution >= 0.6 is 15.9 Å². The van der Waals surface area contributed by atoms with Gasteiger partial charge < -0.3 is 19.9 Å². The lowest BCUT2D eigenvalue weighted by Crippen LogP contribution is -2.29. The summed E-state index contributed by atoms with van der Waals surface area (Å²) < 4.78 is 11.4. The standard InChI is InChI=1S/C15H22BrNO4/c1-15(2,14(18)19)5-6-17-9-11-12(16)7-10(20-3)8-13(11)21-4/h7-8,17H,5-6,9H2,1-4H3,(H,18,19). The molecule has 1 aromatic rings. The van der Waals surface area contributed by atoms with Crippen molar-refractivity contribution in [2.24, 2.45) is 5.41 Å². The third-order valence-corrected chi connectivity index (χ3v) is 4.10. The molecular formula is C15H22BrNO4. The van der Waals surface area contributed by atoms with Crippen molar-refractivity contribution in [3.8, 4) is 11.5 Å². The summed E-state index contributed by atoms with van der Waals surface area (Å²) in [5.74, 6) is 0.660. The molecule has 0 saturated heterocycles. The number of nitrogens with one attached hydrogen (secondary N) is 1. The second-order valence-corrected chi connectivity index (χ2v) is 6.26. The Morgan fingerprint density at radius 2 is 2.00 bits per heavy atom. The molecule has 0 radical (unpaired) electrons. The lowest BCUT2D eigenvalue weighted by molar-refractivity contribution is -0.147. The Morgan fingerprint density at radius 3 is 2.52 bits per heavy atom. The summed E-state index contributed by atoms with van der Waals surface area (Å²) >= 11 is 3.50. The third-order valence-electron chi connectivity index (χ3n) is 3.39. The molecule has 0 amide bonds.